The highest BCUT2D eigenvalue weighted by Crippen LogP contribution is 2.46. The molecule has 1 aliphatic carbocycles. The molecule has 0 spiro atoms. The predicted octanol–water partition coefficient (Wildman–Crippen LogP) is 3.41. The molecule has 0 radical (unpaired) electrons. The summed E-state index contributed by atoms with van der Waals surface area (Å²) in [6.07, 6.45) is 9.26. The van der Waals surface area contributed by atoms with Gasteiger partial charge >= 0.3 is 0 Å². The van der Waals surface area contributed by atoms with Gasteiger partial charge in [0, 0.05) is 12.1 Å². The minimum atomic E-state index is 0.235. The zero-order valence-electron chi connectivity index (χ0n) is 12.4. The van der Waals surface area contributed by atoms with Crippen LogP contribution in [0.4, 0.5) is 0 Å². The van der Waals surface area contributed by atoms with Crippen LogP contribution in [0.5, 0.6) is 0 Å². The Morgan fingerprint density at radius 1 is 1.12 bits per heavy atom. The Balaban J connectivity index is 2.71. The van der Waals surface area contributed by atoms with E-state index in [1.807, 2.05) is 0 Å². The molecule has 1 aliphatic rings. The molecule has 17 heavy (non-hydrogen) atoms. The molecular weight excluding hydrogens is 208 g/mol. The molecule has 0 saturated heterocycles. The lowest BCUT2D eigenvalue weighted by molar-refractivity contribution is -0.0293. The summed E-state index contributed by atoms with van der Waals surface area (Å²) in [6, 6.07) is 0. The fourth-order valence-electron chi connectivity index (χ4n) is 3.61. The van der Waals surface area contributed by atoms with Crippen molar-refractivity contribution in [2.75, 3.05) is 20.1 Å². The van der Waals surface area contributed by atoms with Gasteiger partial charge in [-0.3, -0.25) is 4.90 Å². The lowest BCUT2D eigenvalue weighted by atomic mass is 9.62. The van der Waals surface area contributed by atoms with Crippen molar-refractivity contribution in [3.63, 3.8) is 0 Å². The van der Waals surface area contributed by atoms with Crippen LogP contribution in [0.3, 0.4) is 0 Å². The number of rotatable bonds is 6. The van der Waals surface area contributed by atoms with E-state index in [0.29, 0.717) is 5.41 Å². The Hall–Kier alpha value is -0.0800. The number of hydrogen-bond acceptors (Lipinski definition) is 2. The highest BCUT2D eigenvalue weighted by Gasteiger charge is 2.47. The molecule has 0 aromatic rings. The smallest absolute Gasteiger partial charge is 0.0379 e. The van der Waals surface area contributed by atoms with Crippen LogP contribution >= 0.6 is 0 Å². The second kappa shape index (κ2) is 6.19. The molecule has 0 aromatic heterocycles. The molecule has 0 bridgehead atoms. The van der Waals surface area contributed by atoms with Gasteiger partial charge in [-0.1, -0.05) is 46.5 Å². The molecule has 1 rings (SSSR count). The first-order valence-electron chi connectivity index (χ1n) is 7.41. The van der Waals surface area contributed by atoms with Crippen LogP contribution in [0.1, 0.15) is 65.7 Å². The number of nitrogens with zero attached hydrogens (tertiary/aromatic N) is 1. The van der Waals surface area contributed by atoms with Crippen LogP contribution in [0.2, 0.25) is 0 Å². The Morgan fingerprint density at radius 2 is 1.76 bits per heavy atom. The van der Waals surface area contributed by atoms with Crippen molar-refractivity contribution in [1.29, 1.82) is 0 Å². The largest absolute Gasteiger partial charge is 0.329 e. The van der Waals surface area contributed by atoms with Gasteiger partial charge in [-0.2, -0.15) is 0 Å². The molecule has 0 amide bonds. The van der Waals surface area contributed by atoms with Crippen LogP contribution in [0.25, 0.3) is 0 Å². The van der Waals surface area contributed by atoms with Crippen molar-refractivity contribution < 1.29 is 0 Å². The third-order valence-corrected chi connectivity index (χ3v) is 5.07. The van der Waals surface area contributed by atoms with Crippen LogP contribution in [0, 0.1) is 5.41 Å². The summed E-state index contributed by atoms with van der Waals surface area (Å²) in [7, 11) is 2.29. The van der Waals surface area contributed by atoms with Crippen molar-refractivity contribution in [2.45, 2.75) is 71.3 Å². The molecule has 0 aliphatic heterocycles. The van der Waals surface area contributed by atoms with E-state index < -0.39 is 0 Å². The molecule has 1 fully saturated rings. The van der Waals surface area contributed by atoms with Crippen LogP contribution < -0.4 is 5.73 Å². The minimum absolute atomic E-state index is 0.235. The van der Waals surface area contributed by atoms with Crippen LogP contribution in [-0.4, -0.2) is 30.6 Å². The van der Waals surface area contributed by atoms with E-state index in [-0.39, 0.29) is 5.54 Å². The lowest BCUT2D eigenvalue weighted by Crippen LogP contribution is -2.62. The van der Waals surface area contributed by atoms with E-state index in [9.17, 15) is 0 Å². The Bertz CT molecular complexity index is 225. The fraction of sp³-hybridized carbons (Fsp3) is 1.00. The average Bonchev–Trinajstić information content (AvgIpc) is 2.29. The molecule has 102 valence electrons. The Kier molecular flexibility index (Phi) is 5.46. The first-order chi connectivity index (χ1) is 8.00. The van der Waals surface area contributed by atoms with Crippen molar-refractivity contribution in [3.05, 3.63) is 0 Å². The number of unbranched alkanes of at least 4 members (excludes halogenated alkanes) is 2. The Labute approximate surface area is 108 Å². The van der Waals surface area contributed by atoms with E-state index in [1.165, 1.54) is 51.5 Å². The highest BCUT2D eigenvalue weighted by atomic mass is 15.2. The zero-order chi connectivity index (χ0) is 12.9. The van der Waals surface area contributed by atoms with E-state index in [0.717, 1.165) is 6.54 Å². The Morgan fingerprint density at radius 3 is 2.29 bits per heavy atom. The fourth-order valence-corrected chi connectivity index (χ4v) is 3.61. The zero-order valence-corrected chi connectivity index (χ0v) is 12.4. The first-order valence-corrected chi connectivity index (χ1v) is 7.41. The summed E-state index contributed by atoms with van der Waals surface area (Å²) in [4.78, 5) is 2.57. The maximum absolute atomic E-state index is 6.18. The quantitative estimate of drug-likeness (QED) is 0.721. The van der Waals surface area contributed by atoms with E-state index in [1.54, 1.807) is 0 Å². The molecule has 0 aromatic carbocycles. The van der Waals surface area contributed by atoms with Crippen molar-refractivity contribution >= 4 is 0 Å². The van der Waals surface area contributed by atoms with Crippen molar-refractivity contribution in [3.8, 4) is 0 Å². The maximum Gasteiger partial charge on any atom is 0.0379 e. The van der Waals surface area contributed by atoms with Crippen LogP contribution in [0.15, 0.2) is 0 Å². The monoisotopic (exact) mass is 240 g/mol. The van der Waals surface area contributed by atoms with E-state index >= 15 is 0 Å². The summed E-state index contributed by atoms with van der Waals surface area (Å²) in [5, 5.41) is 0. The second-order valence-electron chi connectivity index (χ2n) is 6.46. The molecule has 1 atom stereocenters. The normalized spacial score (nSPS) is 28.6. The number of nitrogens with two attached hydrogens (primary N) is 1. The van der Waals surface area contributed by atoms with Gasteiger partial charge in [0.1, 0.15) is 0 Å². The van der Waals surface area contributed by atoms with E-state index in [4.69, 9.17) is 5.73 Å². The standard InChI is InChI=1S/C15H32N2/c1-5-6-9-12-17(4)15(13-16)11-8-7-10-14(15,2)3/h5-13,16H2,1-4H3. The maximum atomic E-state index is 6.18. The average molecular weight is 240 g/mol. The number of hydrogen-bond donors (Lipinski definition) is 1. The summed E-state index contributed by atoms with van der Waals surface area (Å²) in [5.41, 5.74) is 6.77. The van der Waals surface area contributed by atoms with E-state index in [2.05, 4.69) is 32.7 Å². The number of likely N-dealkylation sites (N-methyl/N-ethyl adjacent to an activating group) is 1. The third kappa shape index (κ3) is 3.03. The summed E-state index contributed by atoms with van der Waals surface area (Å²) >= 11 is 0. The SMILES string of the molecule is CCCCCN(C)C1(CN)CCCCC1(C)C. The van der Waals surface area contributed by atoms with Gasteiger partial charge in [-0.05, 0) is 38.3 Å². The predicted molar refractivity (Wildman–Crippen MR) is 76.2 cm³/mol. The lowest BCUT2D eigenvalue weighted by Gasteiger charge is -2.55. The topological polar surface area (TPSA) is 29.3 Å². The highest BCUT2D eigenvalue weighted by molar-refractivity contribution is 5.04. The second-order valence-corrected chi connectivity index (χ2v) is 6.46. The molecule has 1 saturated carbocycles. The van der Waals surface area contributed by atoms with Gasteiger partial charge in [-0.25, -0.2) is 0 Å². The summed E-state index contributed by atoms with van der Waals surface area (Å²) in [6.45, 7) is 9.10. The molecule has 0 heterocycles. The van der Waals surface area contributed by atoms with Gasteiger partial charge in [0.25, 0.3) is 0 Å². The van der Waals surface area contributed by atoms with Gasteiger partial charge in [0.15, 0.2) is 0 Å². The molecule has 2 nitrogen and oxygen atoms in total. The first kappa shape index (κ1) is 15.0. The van der Waals surface area contributed by atoms with Crippen molar-refractivity contribution in [2.24, 2.45) is 11.1 Å². The van der Waals surface area contributed by atoms with Crippen LogP contribution in [-0.2, 0) is 0 Å². The van der Waals surface area contributed by atoms with Gasteiger partial charge in [0.2, 0.25) is 0 Å². The molecule has 1 unspecified atom stereocenters. The van der Waals surface area contributed by atoms with Gasteiger partial charge in [0.05, 0.1) is 0 Å². The summed E-state index contributed by atoms with van der Waals surface area (Å²) < 4.78 is 0. The molecule has 2 N–H and O–H groups in total. The van der Waals surface area contributed by atoms with Gasteiger partial charge in [-0.15, -0.1) is 0 Å². The summed E-state index contributed by atoms with van der Waals surface area (Å²) in [5.74, 6) is 0. The molecular formula is C15H32N2. The minimum Gasteiger partial charge on any atom is -0.329 e. The van der Waals surface area contributed by atoms with Crippen molar-refractivity contribution in [1.82, 2.24) is 4.90 Å². The van der Waals surface area contributed by atoms with Gasteiger partial charge < -0.3 is 5.73 Å². The molecule has 2 heteroatoms. The third-order valence-electron chi connectivity index (χ3n) is 5.07.